The molecule has 19 heavy (non-hydrogen) atoms. The van der Waals surface area contributed by atoms with E-state index in [2.05, 4.69) is 20.3 Å². The summed E-state index contributed by atoms with van der Waals surface area (Å²) in [5, 5.41) is 3.13. The van der Waals surface area contributed by atoms with Crippen LogP contribution in [0.2, 0.25) is 0 Å². The number of hydrogen-bond acceptors (Lipinski definition) is 5. The summed E-state index contributed by atoms with van der Waals surface area (Å²) in [6, 6.07) is 6.78. The molecule has 6 heteroatoms. The Morgan fingerprint density at radius 3 is 2.95 bits per heavy atom. The Hall–Kier alpha value is -2.24. The van der Waals surface area contributed by atoms with E-state index >= 15 is 0 Å². The summed E-state index contributed by atoms with van der Waals surface area (Å²) in [4.78, 5) is 11.7. The van der Waals surface area contributed by atoms with Gasteiger partial charge in [0.15, 0.2) is 0 Å². The van der Waals surface area contributed by atoms with Crippen molar-refractivity contribution in [1.29, 1.82) is 0 Å². The number of nitrogen functional groups attached to an aromatic ring is 1. The third-order valence-electron chi connectivity index (χ3n) is 2.72. The highest BCUT2D eigenvalue weighted by atomic mass is 19.1. The first kappa shape index (κ1) is 13.2. The molecule has 2 rings (SSSR count). The number of hydrogen-bond donors (Lipinski definition) is 2. The molecule has 0 saturated heterocycles. The number of nitrogens with one attached hydrogen (secondary N) is 1. The lowest BCUT2D eigenvalue weighted by Crippen LogP contribution is -2.18. The van der Waals surface area contributed by atoms with Crippen LogP contribution in [0.25, 0.3) is 0 Å². The van der Waals surface area contributed by atoms with Gasteiger partial charge >= 0.3 is 0 Å². The molecule has 0 aliphatic carbocycles. The van der Waals surface area contributed by atoms with Crippen molar-refractivity contribution in [3.8, 4) is 0 Å². The first-order valence-corrected chi connectivity index (χ1v) is 6.09. The zero-order chi connectivity index (χ0) is 13.7. The lowest BCUT2D eigenvalue weighted by Gasteiger charge is -2.13. The fourth-order valence-corrected chi connectivity index (χ4v) is 1.75. The van der Waals surface area contributed by atoms with Gasteiger partial charge in [-0.2, -0.15) is 4.98 Å². The Morgan fingerprint density at radius 2 is 2.21 bits per heavy atom. The maximum atomic E-state index is 13.0. The van der Waals surface area contributed by atoms with Crippen molar-refractivity contribution in [3.05, 3.63) is 42.0 Å². The molecule has 0 spiro atoms. The quantitative estimate of drug-likeness (QED) is 0.861. The molecule has 0 saturated carbocycles. The minimum Gasteiger partial charge on any atom is -0.368 e. The molecule has 5 nitrogen and oxygen atoms in total. The summed E-state index contributed by atoms with van der Waals surface area (Å²) >= 11 is 0. The van der Waals surface area contributed by atoms with Crippen molar-refractivity contribution in [2.45, 2.75) is 25.8 Å². The van der Waals surface area contributed by atoms with E-state index in [-0.39, 0.29) is 17.8 Å². The molecule has 1 unspecified atom stereocenters. The van der Waals surface area contributed by atoms with Gasteiger partial charge in [-0.3, -0.25) is 0 Å². The molecule has 1 aromatic heterocycles. The lowest BCUT2D eigenvalue weighted by molar-refractivity contribution is 0.622. The van der Waals surface area contributed by atoms with Crippen molar-refractivity contribution < 1.29 is 4.39 Å². The molecule has 0 bridgehead atoms. The Balaban J connectivity index is 1.86. The van der Waals surface area contributed by atoms with Gasteiger partial charge in [0.1, 0.15) is 12.1 Å². The van der Waals surface area contributed by atoms with Crippen molar-refractivity contribution in [1.82, 2.24) is 15.0 Å². The number of aryl methyl sites for hydroxylation is 1. The largest absolute Gasteiger partial charge is 0.368 e. The van der Waals surface area contributed by atoms with Crippen LogP contribution in [-0.2, 0) is 6.42 Å². The highest BCUT2D eigenvalue weighted by Gasteiger charge is 2.05. The monoisotopic (exact) mass is 261 g/mol. The fourth-order valence-electron chi connectivity index (χ4n) is 1.75. The Morgan fingerprint density at radius 1 is 1.37 bits per heavy atom. The number of halogens is 1. The molecule has 0 fully saturated rings. The molecule has 1 heterocycles. The zero-order valence-corrected chi connectivity index (χ0v) is 10.7. The van der Waals surface area contributed by atoms with E-state index in [4.69, 9.17) is 5.73 Å². The van der Waals surface area contributed by atoms with Crippen LogP contribution in [0.4, 0.5) is 16.3 Å². The molecule has 0 aliphatic heterocycles. The number of benzene rings is 1. The second-order valence-electron chi connectivity index (χ2n) is 4.38. The van der Waals surface area contributed by atoms with E-state index in [1.54, 1.807) is 12.1 Å². The van der Waals surface area contributed by atoms with Crippen molar-refractivity contribution in [2.75, 3.05) is 11.1 Å². The highest BCUT2D eigenvalue weighted by Crippen LogP contribution is 2.10. The van der Waals surface area contributed by atoms with Gasteiger partial charge in [0.25, 0.3) is 0 Å². The summed E-state index contributed by atoms with van der Waals surface area (Å²) in [7, 11) is 0. The van der Waals surface area contributed by atoms with Crippen molar-refractivity contribution in [2.24, 2.45) is 0 Å². The molecule has 0 amide bonds. The molecule has 3 N–H and O–H groups in total. The standard InChI is InChI=1S/C13H16FN5/c1-9(18-13-17-8-16-12(15)19-13)5-6-10-3-2-4-11(14)7-10/h2-4,7-9H,5-6H2,1H3,(H3,15,16,17,18,19). The minimum atomic E-state index is -0.205. The minimum absolute atomic E-state index is 0.157. The summed E-state index contributed by atoms with van der Waals surface area (Å²) in [5.41, 5.74) is 6.45. The topological polar surface area (TPSA) is 76.7 Å². The lowest BCUT2D eigenvalue weighted by atomic mass is 10.1. The summed E-state index contributed by atoms with van der Waals surface area (Å²) in [5.74, 6) is 0.442. The average molecular weight is 261 g/mol. The predicted octanol–water partition coefficient (Wildman–Crippen LogP) is 2.03. The van der Waals surface area contributed by atoms with Crippen LogP contribution in [-0.4, -0.2) is 21.0 Å². The van der Waals surface area contributed by atoms with E-state index in [0.717, 1.165) is 18.4 Å². The van der Waals surface area contributed by atoms with Gasteiger partial charge in [0.2, 0.25) is 11.9 Å². The molecule has 1 aromatic carbocycles. The maximum absolute atomic E-state index is 13.0. The second-order valence-corrected chi connectivity index (χ2v) is 4.38. The Labute approximate surface area is 111 Å². The normalized spacial score (nSPS) is 12.1. The summed E-state index contributed by atoms with van der Waals surface area (Å²) in [6.07, 6.45) is 2.99. The summed E-state index contributed by atoms with van der Waals surface area (Å²) in [6.45, 7) is 2.01. The third-order valence-corrected chi connectivity index (χ3v) is 2.72. The van der Waals surface area contributed by atoms with Crippen LogP contribution in [0.3, 0.4) is 0 Å². The van der Waals surface area contributed by atoms with Crippen LogP contribution >= 0.6 is 0 Å². The number of nitrogens with zero attached hydrogens (tertiary/aromatic N) is 3. The van der Waals surface area contributed by atoms with Crippen LogP contribution in [0.15, 0.2) is 30.6 Å². The van der Waals surface area contributed by atoms with Crippen molar-refractivity contribution >= 4 is 11.9 Å². The van der Waals surface area contributed by atoms with E-state index in [1.807, 2.05) is 13.0 Å². The number of nitrogens with two attached hydrogens (primary N) is 1. The van der Waals surface area contributed by atoms with E-state index in [9.17, 15) is 4.39 Å². The van der Waals surface area contributed by atoms with Gasteiger partial charge in [-0.15, -0.1) is 0 Å². The van der Waals surface area contributed by atoms with E-state index < -0.39 is 0 Å². The SMILES string of the molecule is CC(CCc1cccc(F)c1)Nc1ncnc(N)n1. The van der Waals surface area contributed by atoms with Crippen LogP contribution in [0, 0.1) is 5.82 Å². The van der Waals surface area contributed by atoms with Crippen molar-refractivity contribution in [3.63, 3.8) is 0 Å². The molecule has 2 aromatic rings. The maximum Gasteiger partial charge on any atom is 0.227 e. The molecule has 1 atom stereocenters. The Kier molecular flexibility index (Phi) is 4.22. The van der Waals surface area contributed by atoms with Crippen LogP contribution in [0.5, 0.6) is 0 Å². The smallest absolute Gasteiger partial charge is 0.227 e. The number of rotatable bonds is 5. The molecular weight excluding hydrogens is 245 g/mol. The highest BCUT2D eigenvalue weighted by molar-refractivity contribution is 5.30. The van der Waals surface area contributed by atoms with Gasteiger partial charge in [0.05, 0.1) is 0 Å². The first-order chi connectivity index (χ1) is 9.13. The Bertz CT molecular complexity index is 546. The molecule has 0 radical (unpaired) electrons. The van der Waals surface area contributed by atoms with Gasteiger partial charge in [-0.05, 0) is 37.5 Å². The van der Waals surface area contributed by atoms with Crippen LogP contribution < -0.4 is 11.1 Å². The second kappa shape index (κ2) is 6.08. The van der Waals surface area contributed by atoms with E-state index in [1.165, 1.54) is 12.4 Å². The van der Waals surface area contributed by atoms with E-state index in [0.29, 0.717) is 5.95 Å². The van der Waals surface area contributed by atoms with Gasteiger partial charge < -0.3 is 11.1 Å². The zero-order valence-electron chi connectivity index (χ0n) is 10.7. The third kappa shape index (κ3) is 4.17. The van der Waals surface area contributed by atoms with Gasteiger partial charge in [0, 0.05) is 6.04 Å². The molecule has 0 aliphatic rings. The number of anilines is 2. The number of aromatic nitrogens is 3. The summed E-state index contributed by atoms with van der Waals surface area (Å²) < 4.78 is 13.0. The average Bonchev–Trinajstić information content (AvgIpc) is 2.36. The first-order valence-electron chi connectivity index (χ1n) is 6.09. The fraction of sp³-hybridized carbons (Fsp3) is 0.308. The van der Waals surface area contributed by atoms with Gasteiger partial charge in [-0.25, -0.2) is 14.4 Å². The van der Waals surface area contributed by atoms with Gasteiger partial charge in [-0.1, -0.05) is 12.1 Å². The molecule has 100 valence electrons. The molecular formula is C13H16FN5. The predicted molar refractivity (Wildman–Crippen MR) is 72.0 cm³/mol. The van der Waals surface area contributed by atoms with Crippen LogP contribution in [0.1, 0.15) is 18.9 Å².